The highest BCUT2D eigenvalue weighted by Crippen LogP contribution is 2.15. The summed E-state index contributed by atoms with van der Waals surface area (Å²) in [5, 5.41) is 1.78. The molecule has 1 amide bonds. The first-order valence-corrected chi connectivity index (χ1v) is 9.60. The number of sulfonamides is 1. The Morgan fingerprint density at radius 1 is 1.08 bits per heavy atom. The molecule has 0 atom stereocenters. The van der Waals surface area contributed by atoms with Crippen molar-refractivity contribution in [3.8, 4) is 0 Å². The van der Waals surface area contributed by atoms with Gasteiger partial charge in [-0.15, -0.1) is 0 Å². The van der Waals surface area contributed by atoms with E-state index in [0.717, 1.165) is 5.56 Å². The molecule has 0 unspecified atom stereocenters. The molecule has 0 bridgehead atoms. The van der Waals surface area contributed by atoms with Crippen molar-refractivity contribution in [3.05, 3.63) is 64.4 Å². The highest BCUT2D eigenvalue weighted by atomic mass is 35.5. The van der Waals surface area contributed by atoms with Crippen molar-refractivity contribution >= 4 is 33.6 Å². The van der Waals surface area contributed by atoms with Gasteiger partial charge in [-0.1, -0.05) is 23.7 Å². The fourth-order valence-electron chi connectivity index (χ4n) is 2.53. The molecule has 0 N–H and O–H groups in total. The van der Waals surface area contributed by atoms with E-state index in [1.807, 2.05) is 0 Å². The first kappa shape index (κ1) is 17.7. The normalized spacial score (nSPS) is 16.4. The third-order valence-electron chi connectivity index (χ3n) is 3.92. The van der Waals surface area contributed by atoms with Gasteiger partial charge in [0.1, 0.15) is 0 Å². The molecule has 1 fully saturated rings. The molecule has 2 aromatic rings. The van der Waals surface area contributed by atoms with Crippen LogP contribution in [-0.2, 0) is 10.0 Å². The van der Waals surface area contributed by atoms with Crippen LogP contribution in [0.1, 0.15) is 16.1 Å². The molecule has 3 rings (SSSR count). The van der Waals surface area contributed by atoms with Crippen molar-refractivity contribution in [2.24, 2.45) is 0 Å². The zero-order chi connectivity index (χ0) is 17.9. The maximum atomic E-state index is 12.4. The molecule has 0 aliphatic carbocycles. The van der Waals surface area contributed by atoms with E-state index in [4.69, 9.17) is 16.0 Å². The van der Waals surface area contributed by atoms with Crippen LogP contribution in [0.3, 0.4) is 0 Å². The lowest BCUT2D eigenvalue weighted by molar-refractivity contribution is 0.0666. The number of benzene rings is 1. The predicted molar refractivity (Wildman–Crippen MR) is 95.6 cm³/mol. The Labute approximate surface area is 151 Å². The van der Waals surface area contributed by atoms with E-state index in [2.05, 4.69) is 0 Å². The maximum absolute atomic E-state index is 12.4. The summed E-state index contributed by atoms with van der Waals surface area (Å²) < 4.78 is 31.3. The van der Waals surface area contributed by atoms with Gasteiger partial charge in [-0.3, -0.25) is 4.79 Å². The van der Waals surface area contributed by atoms with Crippen LogP contribution < -0.4 is 0 Å². The van der Waals surface area contributed by atoms with E-state index in [1.54, 1.807) is 41.3 Å². The quantitative estimate of drug-likeness (QED) is 0.817. The second kappa shape index (κ2) is 7.43. The molecule has 132 valence electrons. The number of furan rings is 1. The third-order valence-corrected chi connectivity index (χ3v) is 5.74. The number of rotatable bonds is 4. The third kappa shape index (κ3) is 4.31. The highest BCUT2D eigenvalue weighted by Gasteiger charge is 2.28. The second-order valence-corrected chi connectivity index (χ2v) is 7.82. The van der Waals surface area contributed by atoms with Gasteiger partial charge in [-0.2, -0.15) is 4.31 Å². The number of hydrogen-bond donors (Lipinski definition) is 0. The molecule has 2 heterocycles. The number of nitrogens with zero attached hydrogens (tertiary/aromatic N) is 2. The summed E-state index contributed by atoms with van der Waals surface area (Å²) in [6.45, 7) is 1.15. The van der Waals surface area contributed by atoms with Crippen LogP contribution in [0.25, 0.3) is 6.08 Å². The van der Waals surface area contributed by atoms with Crippen LogP contribution in [0.5, 0.6) is 0 Å². The lowest BCUT2D eigenvalue weighted by atomic mass is 10.2. The van der Waals surface area contributed by atoms with Crippen molar-refractivity contribution in [3.63, 3.8) is 0 Å². The van der Waals surface area contributed by atoms with Gasteiger partial charge in [-0.25, -0.2) is 8.42 Å². The molecular weight excluding hydrogens is 364 g/mol. The minimum absolute atomic E-state index is 0.223. The van der Waals surface area contributed by atoms with Gasteiger partial charge in [0.25, 0.3) is 5.91 Å². The number of piperazine rings is 1. The number of hydrogen-bond acceptors (Lipinski definition) is 4. The van der Waals surface area contributed by atoms with Crippen LogP contribution >= 0.6 is 11.6 Å². The van der Waals surface area contributed by atoms with Crippen LogP contribution in [0.2, 0.25) is 5.02 Å². The van der Waals surface area contributed by atoms with Crippen molar-refractivity contribution < 1.29 is 17.6 Å². The van der Waals surface area contributed by atoms with Gasteiger partial charge in [0, 0.05) is 36.6 Å². The molecular formula is C17H17ClN2O4S. The summed E-state index contributed by atoms with van der Waals surface area (Å²) in [6, 6.07) is 10.1. The monoisotopic (exact) mass is 380 g/mol. The Kier molecular flexibility index (Phi) is 5.27. The zero-order valence-electron chi connectivity index (χ0n) is 13.3. The summed E-state index contributed by atoms with van der Waals surface area (Å²) in [6.07, 6.45) is 2.97. The van der Waals surface area contributed by atoms with E-state index in [0.29, 0.717) is 18.1 Å². The standard InChI is InChI=1S/C17H17ClN2O4S/c18-15-5-3-14(4-6-15)7-13-25(22,23)20-10-8-19(9-11-20)17(21)16-2-1-12-24-16/h1-7,12-13H,8-11H2/b13-7+. The van der Waals surface area contributed by atoms with Crippen molar-refractivity contribution in [1.29, 1.82) is 0 Å². The lowest BCUT2D eigenvalue weighted by Gasteiger charge is -2.32. The number of carbonyl (C=O) groups is 1. The van der Waals surface area contributed by atoms with Gasteiger partial charge >= 0.3 is 0 Å². The number of carbonyl (C=O) groups excluding carboxylic acids is 1. The summed E-state index contributed by atoms with van der Waals surface area (Å²) in [4.78, 5) is 13.8. The van der Waals surface area contributed by atoms with Crippen LogP contribution in [0.15, 0.2) is 52.5 Å². The number of halogens is 1. The van der Waals surface area contributed by atoms with Gasteiger partial charge in [0.15, 0.2) is 5.76 Å². The molecule has 1 aromatic carbocycles. The smallest absolute Gasteiger partial charge is 0.289 e. The van der Waals surface area contributed by atoms with E-state index in [9.17, 15) is 13.2 Å². The Morgan fingerprint density at radius 2 is 1.76 bits per heavy atom. The molecule has 1 aromatic heterocycles. The van der Waals surface area contributed by atoms with Crippen LogP contribution in [0.4, 0.5) is 0 Å². The van der Waals surface area contributed by atoms with Crippen molar-refractivity contribution in [1.82, 2.24) is 9.21 Å². The molecule has 1 aliphatic heterocycles. The van der Waals surface area contributed by atoms with E-state index < -0.39 is 10.0 Å². The van der Waals surface area contributed by atoms with Crippen molar-refractivity contribution in [2.75, 3.05) is 26.2 Å². The van der Waals surface area contributed by atoms with Gasteiger partial charge < -0.3 is 9.32 Å². The second-order valence-electron chi connectivity index (χ2n) is 5.57. The van der Waals surface area contributed by atoms with E-state index >= 15 is 0 Å². The first-order valence-electron chi connectivity index (χ1n) is 7.72. The van der Waals surface area contributed by atoms with E-state index in [1.165, 1.54) is 22.1 Å². The molecule has 0 saturated carbocycles. The summed E-state index contributed by atoms with van der Waals surface area (Å²) in [5.74, 6) is 0.0395. The predicted octanol–water partition coefficient (Wildman–Crippen LogP) is 2.69. The average molecular weight is 381 g/mol. The summed E-state index contributed by atoms with van der Waals surface area (Å²) >= 11 is 5.81. The van der Waals surface area contributed by atoms with Gasteiger partial charge in [-0.05, 0) is 35.9 Å². The molecule has 8 heteroatoms. The molecule has 1 aliphatic rings. The fourth-order valence-corrected chi connectivity index (χ4v) is 3.83. The van der Waals surface area contributed by atoms with Crippen LogP contribution in [-0.4, -0.2) is 49.7 Å². The SMILES string of the molecule is O=C(c1ccco1)N1CCN(S(=O)(=O)/C=C/c2ccc(Cl)cc2)CC1. The van der Waals surface area contributed by atoms with Crippen molar-refractivity contribution in [2.45, 2.75) is 0 Å². The fraction of sp³-hybridized carbons (Fsp3) is 0.235. The molecule has 6 nitrogen and oxygen atoms in total. The zero-order valence-corrected chi connectivity index (χ0v) is 14.9. The van der Waals surface area contributed by atoms with Gasteiger partial charge in [0.05, 0.1) is 6.26 Å². The Hall–Kier alpha value is -2.09. The van der Waals surface area contributed by atoms with Crippen LogP contribution in [0, 0.1) is 0 Å². The number of amides is 1. The molecule has 0 spiro atoms. The largest absolute Gasteiger partial charge is 0.459 e. The first-order chi connectivity index (χ1) is 12.0. The summed E-state index contributed by atoms with van der Waals surface area (Å²) in [5.41, 5.74) is 0.750. The lowest BCUT2D eigenvalue weighted by Crippen LogP contribution is -2.50. The topological polar surface area (TPSA) is 70.8 Å². The van der Waals surface area contributed by atoms with Gasteiger partial charge in [0.2, 0.25) is 10.0 Å². The average Bonchev–Trinajstić information content (AvgIpc) is 3.15. The maximum Gasteiger partial charge on any atom is 0.289 e. The minimum Gasteiger partial charge on any atom is -0.459 e. The van der Waals surface area contributed by atoms with E-state index in [-0.39, 0.29) is 24.8 Å². The molecule has 0 radical (unpaired) electrons. The molecule has 25 heavy (non-hydrogen) atoms. The highest BCUT2D eigenvalue weighted by molar-refractivity contribution is 7.92. The Bertz CT molecular complexity index is 853. The summed E-state index contributed by atoms with van der Waals surface area (Å²) in [7, 11) is -3.54. The Balaban J connectivity index is 1.61. The Morgan fingerprint density at radius 3 is 2.36 bits per heavy atom. The molecule has 1 saturated heterocycles. The minimum atomic E-state index is -3.54.